The molecule has 0 unspecified atom stereocenters. The number of aliphatic hydroxyl groups excluding tert-OH is 1. The highest BCUT2D eigenvalue weighted by molar-refractivity contribution is 6.30. The minimum Gasteiger partial charge on any atom is -0.393 e. The third kappa shape index (κ3) is 2.83. The van der Waals surface area contributed by atoms with Crippen LogP contribution in [0.15, 0.2) is 24.3 Å². The Morgan fingerprint density at radius 3 is 2.35 bits per heavy atom. The Balaban J connectivity index is 2.14. The second-order valence-corrected chi connectivity index (χ2v) is 6.22. The summed E-state index contributed by atoms with van der Waals surface area (Å²) in [6.45, 7) is 4.51. The van der Waals surface area contributed by atoms with Crippen molar-refractivity contribution in [3.63, 3.8) is 0 Å². The fraction of sp³-hybridized carbons (Fsp3) is 0.600. The van der Waals surface area contributed by atoms with Gasteiger partial charge in [-0.1, -0.05) is 44.0 Å². The van der Waals surface area contributed by atoms with Crippen LogP contribution in [0.3, 0.4) is 0 Å². The van der Waals surface area contributed by atoms with E-state index in [1.54, 1.807) is 0 Å². The summed E-state index contributed by atoms with van der Waals surface area (Å²) in [6, 6.07) is 8.15. The van der Waals surface area contributed by atoms with Crippen LogP contribution < -0.4 is 0 Å². The SMILES string of the molecule is CC(C)CCC1(c2ccc(Cl)cc2)CC(O)C1. The molecule has 0 amide bonds. The molecule has 0 radical (unpaired) electrons. The minimum atomic E-state index is -0.113. The van der Waals surface area contributed by atoms with Crippen LogP contribution in [0.1, 0.15) is 45.1 Å². The molecule has 0 aliphatic heterocycles. The van der Waals surface area contributed by atoms with E-state index in [0.29, 0.717) is 0 Å². The Kier molecular flexibility index (Phi) is 3.79. The predicted octanol–water partition coefficient (Wildman–Crippen LogP) is 4.17. The van der Waals surface area contributed by atoms with E-state index in [2.05, 4.69) is 26.0 Å². The van der Waals surface area contributed by atoms with Crippen molar-refractivity contribution in [1.82, 2.24) is 0 Å². The Labute approximate surface area is 109 Å². The van der Waals surface area contributed by atoms with Gasteiger partial charge in [0.25, 0.3) is 0 Å². The molecule has 2 heteroatoms. The average molecular weight is 253 g/mol. The summed E-state index contributed by atoms with van der Waals surface area (Å²) < 4.78 is 0. The first-order valence-electron chi connectivity index (χ1n) is 6.46. The van der Waals surface area contributed by atoms with Gasteiger partial charge < -0.3 is 5.11 Å². The van der Waals surface area contributed by atoms with Gasteiger partial charge in [-0.15, -0.1) is 0 Å². The zero-order valence-electron chi connectivity index (χ0n) is 10.6. The first-order valence-corrected chi connectivity index (χ1v) is 6.84. The lowest BCUT2D eigenvalue weighted by Gasteiger charge is -2.46. The van der Waals surface area contributed by atoms with Crippen LogP contribution in [-0.4, -0.2) is 11.2 Å². The zero-order chi connectivity index (χ0) is 12.5. The van der Waals surface area contributed by atoms with E-state index in [0.717, 1.165) is 23.8 Å². The molecule has 94 valence electrons. The molecule has 0 spiro atoms. The molecule has 0 atom stereocenters. The third-order valence-corrected chi connectivity index (χ3v) is 4.16. The van der Waals surface area contributed by atoms with Crippen molar-refractivity contribution in [2.24, 2.45) is 5.92 Å². The lowest BCUT2D eigenvalue weighted by molar-refractivity contribution is 0.0106. The van der Waals surface area contributed by atoms with E-state index in [1.165, 1.54) is 18.4 Å². The molecule has 1 aromatic rings. The number of hydrogen-bond donors (Lipinski definition) is 1. The van der Waals surface area contributed by atoms with Crippen molar-refractivity contribution >= 4 is 11.6 Å². The van der Waals surface area contributed by atoms with E-state index >= 15 is 0 Å². The average Bonchev–Trinajstić information content (AvgIpc) is 2.24. The van der Waals surface area contributed by atoms with Crippen LogP contribution in [-0.2, 0) is 5.41 Å². The van der Waals surface area contributed by atoms with Crippen molar-refractivity contribution in [3.8, 4) is 0 Å². The lowest BCUT2D eigenvalue weighted by atomic mass is 9.60. The topological polar surface area (TPSA) is 20.2 Å². The molecule has 1 nitrogen and oxygen atoms in total. The minimum absolute atomic E-state index is 0.113. The number of hydrogen-bond acceptors (Lipinski definition) is 1. The maximum absolute atomic E-state index is 9.64. The van der Waals surface area contributed by atoms with E-state index in [1.807, 2.05) is 12.1 Å². The number of aliphatic hydroxyl groups is 1. The highest BCUT2D eigenvalue weighted by Crippen LogP contribution is 2.48. The summed E-state index contributed by atoms with van der Waals surface area (Å²) in [5.74, 6) is 0.719. The highest BCUT2D eigenvalue weighted by atomic mass is 35.5. The quantitative estimate of drug-likeness (QED) is 0.853. The number of halogens is 1. The van der Waals surface area contributed by atoms with Gasteiger partial charge in [0, 0.05) is 10.4 Å². The molecule has 0 saturated heterocycles. The first-order chi connectivity index (χ1) is 8.02. The Hall–Kier alpha value is -0.530. The zero-order valence-corrected chi connectivity index (χ0v) is 11.4. The molecule has 2 rings (SSSR count). The Morgan fingerprint density at radius 2 is 1.88 bits per heavy atom. The summed E-state index contributed by atoms with van der Waals surface area (Å²) in [5.41, 5.74) is 1.54. The van der Waals surface area contributed by atoms with Gasteiger partial charge in [0.15, 0.2) is 0 Å². The van der Waals surface area contributed by atoms with Gasteiger partial charge in [0.1, 0.15) is 0 Å². The van der Waals surface area contributed by atoms with Crippen LogP contribution in [0.4, 0.5) is 0 Å². The van der Waals surface area contributed by atoms with Gasteiger partial charge in [-0.25, -0.2) is 0 Å². The monoisotopic (exact) mass is 252 g/mol. The molecule has 1 fully saturated rings. The Bertz CT molecular complexity index is 363. The molecule has 1 aromatic carbocycles. The van der Waals surface area contributed by atoms with E-state index < -0.39 is 0 Å². The molecule has 0 aromatic heterocycles. The van der Waals surface area contributed by atoms with Crippen LogP contribution in [0.5, 0.6) is 0 Å². The fourth-order valence-corrected chi connectivity index (χ4v) is 2.92. The predicted molar refractivity (Wildman–Crippen MR) is 72.4 cm³/mol. The Morgan fingerprint density at radius 1 is 1.29 bits per heavy atom. The second kappa shape index (κ2) is 4.99. The van der Waals surface area contributed by atoms with Gasteiger partial charge >= 0.3 is 0 Å². The second-order valence-electron chi connectivity index (χ2n) is 5.78. The summed E-state index contributed by atoms with van der Waals surface area (Å²) in [4.78, 5) is 0. The normalized spacial score (nSPS) is 28.2. The summed E-state index contributed by atoms with van der Waals surface area (Å²) in [6.07, 6.45) is 4.08. The van der Waals surface area contributed by atoms with Crippen molar-refractivity contribution in [2.45, 2.75) is 51.0 Å². The lowest BCUT2D eigenvalue weighted by Crippen LogP contribution is -2.44. The number of rotatable bonds is 4. The maximum atomic E-state index is 9.64. The van der Waals surface area contributed by atoms with Crippen molar-refractivity contribution in [2.75, 3.05) is 0 Å². The van der Waals surface area contributed by atoms with Crippen LogP contribution in [0.25, 0.3) is 0 Å². The highest BCUT2D eigenvalue weighted by Gasteiger charge is 2.44. The third-order valence-electron chi connectivity index (χ3n) is 3.91. The molecular formula is C15H21ClO. The van der Waals surface area contributed by atoms with Gasteiger partial charge in [0.05, 0.1) is 6.10 Å². The summed E-state index contributed by atoms with van der Waals surface area (Å²) >= 11 is 5.93. The van der Waals surface area contributed by atoms with Crippen molar-refractivity contribution < 1.29 is 5.11 Å². The molecule has 17 heavy (non-hydrogen) atoms. The van der Waals surface area contributed by atoms with Gasteiger partial charge in [-0.05, 0) is 42.9 Å². The maximum Gasteiger partial charge on any atom is 0.0557 e. The molecule has 1 saturated carbocycles. The van der Waals surface area contributed by atoms with E-state index in [4.69, 9.17) is 11.6 Å². The van der Waals surface area contributed by atoms with Crippen LogP contribution in [0.2, 0.25) is 5.02 Å². The van der Waals surface area contributed by atoms with Gasteiger partial charge in [0.2, 0.25) is 0 Å². The van der Waals surface area contributed by atoms with Gasteiger partial charge in [-0.2, -0.15) is 0 Å². The molecule has 1 N–H and O–H groups in total. The van der Waals surface area contributed by atoms with Crippen LogP contribution in [0, 0.1) is 5.92 Å². The van der Waals surface area contributed by atoms with Gasteiger partial charge in [-0.3, -0.25) is 0 Å². The molecule has 0 heterocycles. The molecular weight excluding hydrogens is 232 g/mol. The molecule has 0 bridgehead atoms. The smallest absolute Gasteiger partial charge is 0.0557 e. The molecule has 1 aliphatic rings. The standard InChI is InChI=1S/C15H21ClO/c1-11(2)7-8-15(9-14(17)10-15)12-3-5-13(16)6-4-12/h3-6,11,14,17H,7-10H2,1-2H3. The van der Waals surface area contributed by atoms with E-state index in [9.17, 15) is 5.11 Å². The van der Waals surface area contributed by atoms with Crippen LogP contribution >= 0.6 is 11.6 Å². The van der Waals surface area contributed by atoms with Crippen molar-refractivity contribution in [3.05, 3.63) is 34.9 Å². The largest absolute Gasteiger partial charge is 0.393 e. The summed E-state index contributed by atoms with van der Waals surface area (Å²) in [7, 11) is 0. The van der Waals surface area contributed by atoms with E-state index in [-0.39, 0.29) is 11.5 Å². The fourth-order valence-electron chi connectivity index (χ4n) is 2.79. The molecule has 1 aliphatic carbocycles. The summed E-state index contributed by atoms with van der Waals surface area (Å²) in [5, 5.41) is 10.4. The first kappa shape index (κ1) is 12.9. The van der Waals surface area contributed by atoms with Crippen molar-refractivity contribution in [1.29, 1.82) is 0 Å². The number of benzene rings is 1.